The van der Waals surface area contributed by atoms with Crippen LogP contribution in [0.4, 0.5) is 17.6 Å². The minimum Gasteiger partial charge on any atom is -0.467 e. The van der Waals surface area contributed by atoms with E-state index in [4.69, 9.17) is 9.47 Å². The van der Waals surface area contributed by atoms with Gasteiger partial charge in [-0.2, -0.15) is 20.1 Å². The Balaban J connectivity index is 1.50. The number of methoxy groups -OCH3 is 1. The van der Waals surface area contributed by atoms with Gasteiger partial charge in [0.25, 0.3) is 0 Å². The maximum Gasteiger partial charge on any atom is 0.322 e. The standard InChI is InChI=1S/C19H23N7O3/c1-3-29-16(27)12-6-8-26(9-7-12)18-22-17(23-19(24-18)28-2)21-14-4-5-15-13(10-14)11-20-25-15/h4-5,10-12H,3,6-9H2,1-2H3,(H,20,25)(H,21,22,23,24). The van der Waals surface area contributed by atoms with Crippen molar-refractivity contribution in [3.63, 3.8) is 0 Å². The van der Waals surface area contributed by atoms with Crippen LogP contribution in [0.25, 0.3) is 10.9 Å². The molecule has 3 aromatic rings. The average Bonchev–Trinajstić information content (AvgIpc) is 3.21. The van der Waals surface area contributed by atoms with Gasteiger partial charge in [0.05, 0.1) is 31.3 Å². The lowest BCUT2D eigenvalue weighted by atomic mass is 9.97. The molecule has 0 aliphatic carbocycles. The number of rotatable bonds is 6. The number of aromatic nitrogens is 5. The number of nitrogens with one attached hydrogen (secondary N) is 2. The molecule has 152 valence electrons. The zero-order valence-corrected chi connectivity index (χ0v) is 16.4. The molecule has 29 heavy (non-hydrogen) atoms. The van der Waals surface area contributed by atoms with Crippen molar-refractivity contribution in [2.45, 2.75) is 19.8 Å². The number of anilines is 3. The number of carbonyl (C=O) groups is 1. The van der Waals surface area contributed by atoms with E-state index in [9.17, 15) is 4.79 Å². The number of fused-ring (bicyclic) bond motifs is 1. The minimum atomic E-state index is -0.127. The minimum absolute atomic E-state index is 0.0748. The zero-order valence-electron chi connectivity index (χ0n) is 16.4. The van der Waals surface area contributed by atoms with Gasteiger partial charge in [0.2, 0.25) is 11.9 Å². The van der Waals surface area contributed by atoms with Gasteiger partial charge in [0.15, 0.2) is 0 Å². The number of hydrogen-bond acceptors (Lipinski definition) is 9. The van der Waals surface area contributed by atoms with Crippen LogP contribution in [0.1, 0.15) is 19.8 Å². The van der Waals surface area contributed by atoms with Gasteiger partial charge >= 0.3 is 12.0 Å². The zero-order chi connectivity index (χ0) is 20.2. The number of carbonyl (C=O) groups excluding carboxylic acids is 1. The summed E-state index contributed by atoms with van der Waals surface area (Å²) in [6.07, 6.45) is 3.16. The number of nitrogens with zero attached hydrogens (tertiary/aromatic N) is 5. The van der Waals surface area contributed by atoms with E-state index in [1.165, 1.54) is 7.11 Å². The predicted octanol–water partition coefficient (Wildman–Crippen LogP) is 2.28. The van der Waals surface area contributed by atoms with Crippen molar-refractivity contribution in [3.05, 3.63) is 24.4 Å². The van der Waals surface area contributed by atoms with E-state index >= 15 is 0 Å². The summed E-state index contributed by atoms with van der Waals surface area (Å²) in [7, 11) is 1.52. The van der Waals surface area contributed by atoms with Gasteiger partial charge in [-0.15, -0.1) is 0 Å². The predicted molar refractivity (Wildman–Crippen MR) is 107 cm³/mol. The molecule has 1 aliphatic heterocycles. The van der Waals surface area contributed by atoms with Crippen LogP contribution in [0.3, 0.4) is 0 Å². The molecular weight excluding hydrogens is 374 g/mol. The Morgan fingerprint density at radius 3 is 2.86 bits per heavy atom. The van der Waals surface area contributed by atoms with E-state index in [1.54, 1.807) is 6.20 Å². The Morgan fingerprint density at radius 1 is 1.28 bits per heavy atom. The van der Waals surface area contributed by atoms with Gasteiger partial charge in [-0.1, -0.05) is 0 Å². The molecule has 1 saturated heterocycles. The molecule has 0 atom stereocenters. The smallest absolute Gasteiger partial charge is 0.322 e. The van der Waals surface area contributed by atoms with Crippen LogP contribution >= 0.6 is 0 Å². The SMILES string of the molecule is CCOC(=O)C1CCN(c2nc(Nc3ccc4[nH]ncc4c3)nc(OC)n2)CC1. The third-order valence-corrected chi connectivity index (χ3v) is 4.88. The molecule has 0 spiro atoms. The van der Waals surface area contributed by atoms with E-state index in [-0.39, 0.29) is 17.9 Å². The highest BCUT2D eigenvalue weighted by Gasteiger charge is 2.27. The molecule has 3 heterocycles. The average molecular weight is 397 g/mol. The lowest BCUT2D eigenvalue weighted by Crippen LogP contribution is -2.38. The fraction of sp³-hybridized carbons (Fsp3) is 0.421. The molecule has 2 N–H and O–H groups in total. The molecule has 0 saturated carbocycles. The van der Waals surface area contributed by atoms with Crippen LogP contribution in [0, 0.1) is 5.92 Å². The molecule has 4 rings (SSSR count). The molecule has 10 nitrogen and oxygen atoms in total. The summed E-state index contributed by atoms with van der Waals surface area (Å²) in [5.74, 6) is 0.708. The Hall–Kier alpha value is -3.43. The van der Waals surface area contributed by atoms with Gasteiger partial charge in [-0.25, -0.2) is 0 Å². The highest BCUT2D eigenvalue weighted by Crippen LogP contribution is 2.25. The Bertz CT molecular complexity index is 998. The normalized spacial score (nSPS) is 14.8. The van der Waals surface area contributed by atoms with Crippen LogP contribution in [-0.4, -0.2) is 57.9 Å². The first-order valence-corrected chi connectivity index (χ1v) is 9.58. The maximum absolute atomic E-state index is 12.0. The summed E-state index contributed by atoms with van der Waals surface area (Å²) >= 11 is 0. The second-order valence-corrected chi connectivity index (χ2v) is 6.76. The molecule has 0 bridgehead atoms. The number of piperidine rings is 1. The molecule has 1 fully saturated rings. The van der Waals surface area contributed by atoms with Crippen molar-refractivity contribution in [1.29, 1.82) is 0 Å². The molecule has 0 amide bonds. The second-order valence-electron chi connectivity index (χ2n) is 6.76. The molecular formula is C19H23N7O3. The van der Waals surface area contributed by atoms with E-state index < -0.39 is 0 Å². The van der Waals surface area contributed by atoms with E-state index in [0.29, 0.717) is 44.4 Å². The number of ether oxygens (including phenoxy) is 2. The summed E-state index contributed by atoms with van der Waals surface area (Å²) in [5, 5.41) is 11.1. The molecule has 1 aliphatic rings. The fourth-order valence-corrected chi connectivity index (χ4v) is 3.36. The lowest BCUT2D eigenvalue weighted by Gasteiger charge is -2.30. The maximum atomic E-state index is 12.0. The van der Waals surface area contributed by atoms with Gasteiger partial charge < -0.3 is 19.7 Å². The van der Waals surface area contributed by atoms with Crippen LogP contribution in [0.5, 0.6) is 6.01 Å². The molecule has 0 radical (unpaired) electrons. The van der Waals surface area contributed by atoms with Crippen molar-refractivity contribution in [2.75, 3.05) is 37.0 Å². The van der Waals surface area contributed by atoms with Crippen molar-refractivity contribution in [3.8, 4) is 6.01 Å². The quantitative estimate of drug-likeness (QED) is 0.604. The van der Waals surface area contributed by atoms with Crippen molar-refractivity contribution < 1.29 is 14.3 Å². The number of H-pyrrole nitrogens is 1. The number of esters is 1. The van der Waals surface area contributed by atoms with Crippen LogP contribution in [0.2, 0.25) is 0 Å². The topological polar surface area (TPSA) is 118 Å². The summed E-state index contributed by atoms with van der Waals surface area (Å²) in [6.45, 7) is 3.56. The van der Waals surface area contributed by atoms with Crippen LogP contribution < -0.4 is 15.0 Å². The van der Waals surface area contributed by atoms with Crippen molar-refractivity contribution in [1.82, 2.24) is 25.1 Å². The largest absolute Gasteiger partial charge is 0.467 e. The first-order chi connectivity index (χ1) is 14.2. The van der Waals surface area contributed by atoms with Gasteiger partial charge in [-0.05, 0) is 38.0 Å². The highest BCUT2D eigenvalue weighted by molar-refractivity contribution is 5.82. The summed E-state index contributed by atoms with van der Waals surface area (Å²) in [4.78, 5) is 27.2. The molecule has 0 unspecified atom stereocenters. The van der Waals surface area contributed by atoms with Crippen LogP contribution in [-0.2, 0) is 9.53 Å². The van der Waals surface area contributed by atoms with E-state index in [1.807, 2.05) is 30.0 Å². The Morgan fingerprint density at radius 2 is 2.10 bits per heavy atom. The molecule has 10 heteroatoms. The third-order valence-electron chi connectivity index (χ3n) is 4.88. The van der Waals surface area contributed by atoms with E-state index in [0.717, 1.165) is 16.6 Å². The van der Waals surface area contributed by atoms with Gasteiger partial charge in [0.1, 0.15) is 0 Å². The summed E-state index contributed by atoms with van der Waals surface area (Å²) in [5.41, 5.74) is 1.79. The van der Waals surface area contributed by atoms with E-state index in [2.05, 4.69) is 30.5 Å². The molecule has 2 aromatic heterocycles. The highest BCUT2D eigenvalue weighted by atomic mass is 16.5. The second kappa shape index (κ2) is 8.29. The summed E-state index contributed by atoms with van der Waals surface area (Å²) < 4.78 is 10.4. The first kappa shape index (κ1) is 18.9. The number of benzene rings is 1. The third kappa shape index (κ3) is 4.20. The lowest BCUT2D eigenvalue weighted by molar-refractivity contribution is -0.148. The van der Waals surface area contributed by atoms with Gasteiger partial charge in [0, 0.05) is 24.2 Å². The van der Waals surface area contributed by atoms with Crippen LogP contribution in [0.15, 0.2) is 24.4 Å². The van der Waals surface area contributed by atoms with Crippen molar-refractivity contribution >= 4 is 34.5 Å². The van der Waals surface area contributed by atoms with Crippen molar-refractivity contribution in [2.24, 2.45) is 5.92 Å². The first-order valence-electron chi connectivity index (χ1n) is 9.58. The van der Waals surface area contributed by atoms with Gasteiger partial charge in [-0.3, -0.25) is 9.89 Å². The monoisotopic (exact) mass is 397 g/mol. The fourth-order valence-electron chi connectivity index (χ4n) is 3.36. The Kier molecular flexibility index (Phi) is 5.41. The number of aromatic amines is 1. The summed E-state index contributed by atoms with van der Waals surface area (Å²) in [6, 6.07) is 6.04. The number of hydrogen-bond donors (Lipinski definition) is 2. The Labute approximate surface area is 167 Å². The molecule has 1 aromatic carbocycles.